The maximum atomic E-state index is 12.8. The zero-order valence-corrected chi connectivity index (χ0v) is 11.4. The van der Waals surface area contributed by atoms with Crippen LogP contribution in [0.2, 0.25) is 0 Å². The van der Waals surface area contributed by atoms with Crippen LogP contribution in [0.5, 0.6) is 0 Å². The second-order valence-electron chi connectivity index (χ2n) is 5.38. The highest BCUT2D eigenvalue weighted by Gasteiger charge is 2.40. The minimum atomic E-state index is -3.28. The van der Waals surface area contributed by atoms with Crippen molar-refractivity contribution in [2.75, 3.05) is 26.2 Å². The number of sulfonamides is 1. The number of fused-ring (bicyclic) bond motifs is 1. The molecule has 0 saturated carbocycles. The Hall–Kier alpha value is -0.980. The van der Waals surface area contributed by atoms with Gasteiger partial charge in [0.25, 0.3) is 0 Å². The van der Waals surface area contributed by atoms with E-state index in [4.69, 9.17) is 0 Å². The van der Waals surface area contributed by atoms with Gasteiger partial charge in [-0.3, -0.25) is 0 Å². The molecule has 2 aliphatic rings. The summed E-state index contributed by atoms with van der Waals surface area (Å²) in [5, 5.41) is 3.29. The average Bonchev–Trinajstić information content (AvgIpc) is 2.92. The average molecular weight is 284 g/mol. The Balaban J connectivity index is 1.71. The molecular weight excluding hydrogens is 267 g/mol. The summed E-state index contributed by atoms with van der Waals surface area (Å²) in [6, 6.07) is 5.66. The number of benzene rings is 1. The predicted molar refractivity (Wildman–Crippen MR) is 70.4 cm³/mol. The van der Waals surface area contributed by atoms with Gasteiger partial charge in [0.1, 0.15) is 5.82 Å². The van der Waals surface area contributed by atoms with Gasteiger partial charge in [0, 0.05) is 13.1 Å². The summed E-state index contributed by atoms with van der Waals surface area (Å²) in [5.74, 6) is 0.508. The summed E-state index contributed by atoms with van der Waals surface area (Å²) in [6.07, 6.45) is 0. The van der Waals surface area contributed by atoms with Crippen LogP contribution in [0.4, 0.5) is 4.39 Å². The van der Waals surface area contributed by atoms with Crippen molar-refractivity contribution in [3.63, 3.8) is 0 Å². The zero-order valence-electron chi connectivity index (χ0n) is 10.5. The van der Waals surface area contributed by atoms with E-state index in [-0.39, 0.29) is 11.6 Å². The van der Waals surface area contributed by atoms with Crippen molar-refractivity contribution in [1.82, 2.24) is 9.62 Å². The Morgan fingerprint density at radius 3 is 2.32 bits per heavy atom. The van der Waals surface area contributed by atoms with Gasteiger partial charge in [-0.1, -0.05) is 12.1 Å². The summed E-state index contributed by atoms with van der Waals surface area (Å²) >= 11 is 0. The Bertz CT molecular complexity index is 547. The fraction of sp³-hybridized carbons (Fsp3) is 0.538. The lowest BCUT2D eigenvalue weighted by Gasteiger charge is -2.17. The fourth-order valence-corrected chi connectivity index (χ4v) is 4.56. The first-order chi connectivity index (χ1) is 9.04. The van der Waals surface area contributed by atoms with Gasteiger partial charge in [0.2, 0.25) is 10.0 Å². The topological polar surface area (TPSA) is 49.4 Å². The SMILES string of the molecule is O=S(=O)(Cc1ccc(F)cc1)N1C[C@H]2CNC[C@H]2C1. The number of nitrogens with zero attached hydrogens (tertiary/aromatic N) is 1. The maximum Gasteiger partial charge on any atom is 0.218 e. The van der Waals surface area contributed by atoms with Gasteiger partial charge < -0.3 is 5.32 Å². The molecule has 6 heteroatoms. The highest BCUT2D eigenvalue weighted by atomic mass is 32.2. The number of rotatable bonds is 3. The number of hydrogen-bond acceptors (Lipinski definition) is 3. The van der Waals surface area contributed by atoms with Crippen molar-refractivity contribution in [2.45, 2.75) is 5.75 Å². The zero-order chi connectivity index (χ0) is 13.5. The molecule has 2 atom stereocenters. The molecule has 1 N–H and O–H groups in total. The smallest absolute Gasteiger partial charge is 0.218 e. The summed E-state index contributed by atoms with van der Waals surface area (Å²) < 4.78 is 39.1. The molecule has 2 saturated heterocycles. The summed E-state index contributed by atoms with van der Waals surface area (Å²) in [5.41, 5.74) is 0.636. The van der Waals surface area contributed by atoms with Crippen LogP contribution in [0.1, 0.15) is 5.56 Å². The molecular formula is C13H17FN2O2S. The van der Waals surface area contributed by atoms with Gasteiger partial charge in [-0.25, -0.2) is 17.1 Å². The van der Waals surface area contributed by atoms with E-state index < -0.39 is 10.0 Å². The molecule has 4 nitrogen and oxygen atoms in total. The van der Waals surface area contributed by atoms with E-state index in [1.54, 1.807) is 4.31 Å². The van der Waals surface area contributed by atoms with Crippen LogP contribution in [-0.4, -0.2) is 38.9 Å². The molecule has 1 aromatic carbocycles. The van der Waals surface area contributed by atoms with Gasteiger partial charge in [-0.05, 0) is 42.6 Å². The standard InChI is InChI=1S/C13H17FN2O2S/c14-13-3-1-10(2-4-13)9-19(17,18)16-7-11-5-15-6-12(11)8-16/h1-4,11-12,15H,5-9H2/t11-,12+. The molecule has 104 valence electrons. The third kappa shape index (κ3) is 2.66. The number of nitrogens with one attached hydrogen (secondary N) is 1. The Kier molecular flexibility index (Phi) is 3.32. The van der Waals surface area contributed by atoms with Gasteiger partial charge >= 0.3 is 0 Å². The molecule has 2 aliphatic heterocycles. The minimum Gasteiger partial charge on any atom is -0.316 e. The monoisotopic (exact) mass is 284 g/mol. The molecule has 0 radical (unpaired) electrons. The van der Waals surface area contributed by atoms with E-state index in [2.05, 4.69) is 5.32 Å². The van der Waals surface area contributed by atoms with Gasteiger partial charge in [0.05, 0.1) is 5.75 Å². The molecule has 0 bridgehead atoms. The quantitative estimate of drug-likeness (QED) is 0.893. The summed E-state index contributed by atoms with van der Waals surface area (Å²) in [7, 11) is -3.28. The normalized spacial score (nSPS) is 27.6. The lowest BCUT2D eigenvalue weighted by atomic mass is 10.0. The molecule has 2 fully saturated rings. The molecule has 0 aromatic heterocycles. The first kappa shape index (κ1) is 13.0. The van der Waals surface area contributed by atoms with E-state index >= 15 is 0 Å². The maximum absolute atomic E-state index is 12.8. The second-order valence-corrected chi connectivity index (χ2v) is 7.35. The van der Waals surface area contributed by atoms with E-state index in [1.807, 2.05) is 0 Å². The van der Waals surface area contributed by atoms with Crippen LogP contribution in [-0.2, 0) is 15.8 Å². The molecule has 19 heavy (non-hydrogen) atoms. The first-order valence-electron chi connectivity index (χ1n) is 6.47. The van der Waals surface area contributed by atoms with Crippen LogP contribution in [0, 0.1) is 17.7 Å². The Labute approximate surface area is 112 Å². The largest absolute Gasteiger partial charge is 0.316 e. The molecule has 0 aliphatic carbocycles. The van der Waals surface area contributed by atoms with Gasteiger partial charge in [-0.15, -0.1) is 0 Å². The first-order valence-corrected chi connectivity index (χ1v) is 8.08. The van der Waals surface area contributed by atoms with Crippen LogP contribution >= 0.6 is 0 Å². The number of halogens is 1. The number of hydrogen-bond donors (Lipinski definition) is 1. The predicted octanol–water partition coefficient (Wildman–Crippen LogP) is 0.807. The summed E-state index contributed by atoms with van der Waals surface area (Å²) in [6.45, 7) is 3.04. The molecule has 2 heterocycles. The van der Waals surface area contributed by atoms with E-state index in [0.717, 1.165) is 13.1 Å². The van der Waals surface area contributed by atoms with E-state index in [1.165, 1.54) is 24.3 Å². The van der Waals surface area contributed by atoms with Crippen LogP contribution < -0.4 is 5.32 Å². The molecule has 0 spiro atoms. The van der Waals surface area contributed by atoms with Gasteiger partial charge in [-0.2, -0.15) is 0 Å². The lowest BCUT2D eigenvalue weighted by molar-refractivity contribution is 0.447. The highest BCUT2D eigenvalue weighted by Crippen LogP contribution is 2.29. The minimum absolute atomic E-state index is 0.0415. The van der Waals surface area contributed by atoms with Crippen molar-refractivity contribution in [1.29, 1.82) is 0 Å². The Morgan fingerprint density at radius 2 is 1.74 bits per heavy atom. The Morgan fingerprint density at radius 1 is 1.16 bits per heavy atom. The summed E-state index contributed by atoms with van der Waals surface area (Å²) in [4.78, 5) is 0. The molecule has 0 amide bonds. The lowest BCUT2D eigenvalue weighted by Crippen LogP contribution is -2.32. The van der Waals surface area contributed by atoms with E-state index in [0.29, 0.717) is 30.5 Å². The molecule has 1 aromatic rings. The van der Waals surface area contributed by atoms with Gasteiger partial charge in [0.15, 0.2) is 0 Å². The van der Waals surface area contributed by atoms with Crippen molar-refractivity contribution < 1.29 is 12.8 Å². The van der Waals surface area contributed by atoms with Crippen LogP contribution in [0.3, 0.4) is 0 Å². The van der Waals surface area contributed by atoms with Crippen LogP contribution in [0.25, 0.3) is 0 Å². The van der Waals surface area contributed by atoms with Crippen molar-refractivity contribution in [2.24, 2.45) is 11.8 Å². The third-order valence-electron chi connectivity index (χ3n) is 4.01. The van der Waals surface area contributed by atoms with Crippen molar-refractivity contribution in [3.8, 4) is 0 Å². The molecule has 0 unspecified atom stereocenters. The highest BCUT2D eigenvalue weighted by molar-refractivity contribution is 7.88. The molecule has 3 rings (SSSR count). The fourth-order valence-electron chi connectivity index (χ4n) is 2.92. The second kappa shape index (κ2) is 4.85. The van der Waals surface area contributed by atoms with E-state index in [9.17, 15) is 12.8 Å². The van der Waals surface area contributed by atoms with Crippen LogP contribution in [0.15, 0.2) is 24.3 Å². The van der Waals surface area contributed by atoms with Crippen molar-refractivity contribution in [3.05, 3.63) is 35.6 Å². The van der Waals surface area contributed by atoms with Crippen molar-refractivity contribution >= 4 is 10.0 Å². The third-order valence-corrected chi connectivity index (χ3v) is 5.79.